The summed E-state index contributed by atoms with van der Waals surface area (Å²) in [5, 5.41) is 2.27. The number of unbranched alkanes of at least 4 members (excludes halogenated alkanes) is 2. The highest BCUT2D eigenvalue weighted by Crippen LogP contribution is 2.32. The molecular formula is C19H25NO6S. The molecule has 0 saturated heterocycles. The van der Waals surface area contributed by atoms with E-state index >= 15 is 0 Å². The maximum atomic E-state index is 12.8. The minimum absolute atomic E-state index is 0.134. The molecule has 0 aromatic heterocycles. The fourth-order valence-electron chi connectivity index (χ4n) is 2.73. The average Bonchev–Trinajstić information content (AvgIpc) is 2.65. The summed E-state index contributed by atoms with van der Waals surface area (Å²) in [5.41, 5.74) is 0.199. The highest BCUT2D eigenvalue weighted by atomic mass is 32.2. The zero-order valence-corrected chi connectivity index (χ0v) is 16.8. The normalized spacial score (nSPS) is 11.4. The fourth-order valence-corrected chi connectivity index (χ4v) is 3.77. The van der Waals surface area contributed by atoms with Crippen molar-refractivity contribution in [1.82, 2.24) is 5.06 Å². The Kier molecular flexibility index (Phi) is 7.04. The first-order chi connectivity index (χ1) is 12.8. The smallest absolute Gasteiger partial charge is 0.288 e. The molecule has 0 atom stereocenters. The monoisotopic (exact) mass is 395 g/mol. The molecule has 2 rings (SSSR count). The molecule has 0 spiro atoms. The zero-order valence-electron chi connectivity index (χ0n) is 16.0. The van der Waals surface area contributed by atoms with Crippen LogP contribution in [0, 0.1) is 0 Å². The van der Waals surface area contributed by atoms with Crippen LogP contribution in [0.1, 0.15) is 36.5 Å². The molecule has 0 aliphatic rings. The van der Waals surface area contributed by atoms with Gasteiger partial charge in [0.15, 0.2) is 0 Å². The first-order valence-electron chi connectivity index (χ1n) is 8.68. The first-order valence-corrected chi connectivity index (χ1v) is 10.3. The van der Waals surface area contributed by atoms with Gasteiger partial charge in [-0.15, -0.1) is 4.28 Å². The lowest BCUT2D eigenvalue weighted by Gasteiger charge is -2.18. The molecular weight excluding hydrogens is 370 g/mol. The van der Waals surface area contributed by atoms with Crippen molar-refractivity contribution in [3.05, 3.63) is 35.9 Å². The number of hydrogen-bond acceptors (Lipinski definition) is 6. The molecule has 7 nitrogen and oxygen atoms in total. The van der Waals surface area contributed by atoms with E-state index in [0.717, 1.165) is 28.7 Å². The Morgan fingerprint density at radius 1 is 1.07 bits per heavy atom. The van der Waals surface area contributed by atoms with Gasteiger partial charge in [0.25, 0.3) is 16.0 Å². The Morgan fingerprint density at radius 3 is 2.41 bits per heavy atom. The lowest BCUT2D eigenvalue weighted by Crippen LogP contribution is -2.31. The Morgan fingerprint density at radius 2 is 1.78 bits per heavy atom. The van der Waals surface area contributed by atoms with Gasteiger partial charge in [-0.05, 0) is 30.0 Å². The molecule has 0 aliphatic heterocycles. The number of fused-ring (bicyclic) bond motifs is 1. The molecule has 27 heavy (non-hydrogen) atoms. The number of nitrogens with zero attached hydrogens (tertiary/aromatic N) is 1. The molecule has 0 heterocycles. The van der Waals surface area contributed by atoms with Crippen LogP contribution in [0.4, 0.5) is 0 Å². The number of ether oxygens (including phenoxy) is 2. The minimum atomic E-state index is -3.83. The van der Waals surface area contributed by atoms with Gasteiger partial charge in [0.05, 0.1) is 25.5 Å². The standard InChI is InChI=1S/C19H25NO6S/c1-5-6-7-11-27(22,23)26-20(2)19(21)16-12-14-9-8-10-17(24-3)15(14)13-18(16)25-4/h8-10,12-13H,5-7,11H2,1-4H3. The van der Waals surface area contributed by atoms with Gasteiger partial charge >= 0.3 is 0 Å². The van der Waals surface area contributed by atoms with Crippen LogP contribution in [0.2, 0.25) is 0 Å². The Hall–Kier alpha value is -2.32. The second kappa shape index (κ2) is 9.05. The van der Waals surface area contributed by atoms with E-state index in [0.29, 0.717) is 17.9 Å². The van der Waals surface area contributed by atoms with E-state index in [1.165, 1.54) is 14.2 Å². The predicted molar refractivity (Wildman–Crippen MR) is 104 cm³/mol. The number of rotatable bonds is 9. The second-order valence-electron chi connectivity index (χ2n) is 6.08. The third-order valence-corrected chi connectivity index (χ3v) is 5.36. The van der Waals surface area contributed by atoms with Gasteiger partial charge in [-0.25, -0.2) is 5.06 Å². The maximum absolute atomic E-state index is 12.8. The summed E-state index contributed by atoms with van der Waals surface area (Å²) in [6.45, 7) is 1.98. The molecule has 0 saturated carbocycles. The Labute approximate surface area is 159 Å². The van der Waals surface area contributed by atoms with Gasteiger partial charge in [-0.1, -0.05) is 31.9 Å². The molecule has 1 amide bonds. The van der Waals surface area contributed by atoms with E-state index in [1.807, 2.05) is 13.0 Å². The number of hydrogen-bond donors (Lipinski definition) is 0. The van der Waals surface area contributed by atoms with Crippen LogP contribution in [0.15, 0.2) is 30.3 Å². The summed E-state index contributed by atoms with van der Waals surface area (Å²) < 4.78 is 39.7. The van der Waals surface area contributed by atoms with Crippen molar-refractivity contribution >= 4 is 26.8 Å². The third-order valence-electron chi connectivity index (χ3n) is 4.12. The molecule has 148 valence electrons. The molecule has 0 unspecified atom stereocenters. The van der Waals surface area contributed by atoms with Crippen LogP contribution in [0.5, 0.6) is 11.5 Å². The van der Waals surface area contributed by atoms with E-state index in [9.17, 15) is 13.2 Å². The quantitative estimate of drug-likeness (QED) is 0.478. The Bertz CT molecular complexity index is 910. The van der Waals surface area contributed by atoms with Crippen molar-refractivity contribution in [3.8, 4) is 11.5 Å². The first kappa shape index (κ1) is 21.0. The highest BCUT2D eigenvalue weighted by molar-refractivity contribution is 7.86. The number of amides is 1. The van der Waals surface area contributed by atoms with Crippen LogP contribution in [-0.4, -0.2) is 46.4 Å². The number of carbonyl (C=O) groups excluding carboxylic acids is 1. The van der Waals surface area contributed by atoms with Crippen molar-refractivity contribution in [2.75, 3.05) is 27.0 Å². The van der Waals surface area contributed by atoms with E-state index in [1.54, 1.807) is 31.4 Å². The van der Waals surface area contributed by atoms with Crippen molar-refractivity contribution in [1.29, 1.82) is 0 Å². The van der Waals surface area contributed by atoms with Gasteiger partial charge in [0.1, 0.15) is 11.5 Å². The predicted octanol–water partition coefficient (Wildman–Crippen LogP) is 3.38. The molecule has 0 bridgehead atoms. The number of hydroxylamine groups is 2. The molecule has 0 fully saturated rings. The van der Waals surface area contributed by atoms with Crippen LogP contribution in [0.25, 0.3) is 10.8 Å². The van der Waals surface area contributed by atoms with Crippen LogP contribution >= 0.6 is 0 Å². The van der Waals surface area contributed by atoms with Crippen molar-refractivity contribution in [2.45, 2.75) is 26.2 Å². The van der Waals surface area contributed by atoms with Gasteiger partial charge in [-0.2, -0.15) is 8.42 Å². The van der Waals surface area contributed by atoms with Crippen molar-refractivity contribution in [3.63, 3.8) is 0 Å². The topological polar surface area (TPSA) is 82.1 Å². The van der Waals surface area contributed by atoms with E-state index in [-0.39, 0.29) is 11.3 Å². The minimum Gasteiger partial charge on any atom is -0.496 e. The van der Waals surface area contributed by atoms with Gasteiger partial charge < -0.3 is 9.47 Å². The SMILES string of the molecule is CCCCCS(=O)(=O)ON(C)C(=O)c1cc2cccc(OC)c2cc1OC. The van der Waals surface area contributed by atoms with Crippen LogP contribution in [0.3, 0.4) is 0 Å². The summed E-state index contributed by atoms with van der Waals surface area (Å²) in [5.74, 6) is 0.198. The lowest BCUT2D eigenvalue weighted by molar-refractivity contribution is -0.00900. The summed E-state index contributed by atoms with van der Waals surface area (Å²) in [6, 6.07) is 8.76. The summed E-state index contributed by atoms with van der Waals surface area (Å²) in [4.78, 5) is 12.8. The average molecular weight is 395 g/mol. The summed E-state index contributed by atoms with van der Waals surface area (Å²) in [6.07, 6.45) is 2.16. The second-order valence-corrected chi connectivity index (χ2v) is 7.75. The highest BCUT2D eigenvalue weighted by Gasteiger charge is 2.23. The number of methoxy groups -OCH3 is 2. The lowest BCUT2D eigenvalue weighted by atomic mass is 10.0. The molecule has 2 aromatic carbocycles. The van der Waals surface area contributed by atoms with E-state index in [2.05, 4.69) is 0 Å². The molecule has 2 aromatic rings. The fraction of sp³-hybridized carbons (Fsp3) is 0.421. The Balaban J connectivity index is 2.30. The largest absolute Gasteiger partial charge is 0.496 e. The van der Waals surface area contributed by atoms with Gasteiger partial charge in [0, 0.05) is 12.4 Å². The molecule has 8 heteroatoms. The molecule has 0 N–H and O–H groups in total. The maximum Gasteiger partial charge on any atom is 0.288 e. The molecule has 0 aliphatic carbocycles. The van der Waals surface area contributed by atoms with Crippen molar-refractivity contribution < 1.29 is 27.0 Å². The van der Waals surface area contributed by atoms with E-state index < -0.39 is 16.0 Å². The van der Waals surface area contributed by atoms with E-state index in [4.69, 9.17) is 13.8 Å². The summed E-state index contributed by atoms with van der Waals surface area (Å²) >= 11 is 0. The molecule has 0 radical (unpaired) electrons. The zero-order chi connectivity index (χ0) is 20.0. The third kappa shape index (κ3) is 5.11. The number of benzene rings is 2. The van der Waals surface area contributed by atoms with Crippen LogP contribution in [-0.2, 0) is 14.4 Å². The van der Waals surface area contributed by atoms with Crippen LogP contribution < -0.4 is 9.47 Å². The van der Waals surface area contributed by atoms with Crippen molar-refractivity contribution in [2.24, 2.45) is 0 Å². The van der Waals surface area contributed by atoms with Gasteiger partial charge in [0.2, 0.25) is 0 Å². The number of carbonyl (C=O) groups is 1. The summed E-state index contributed by atoms with van der Waals surface area (Å²) in [7, 11) is 0.439. The van der Waals surface area contributed by atoms with Gasteiger partial charge in [-0.3, -0.25) is 4.79 Å².